The Morgan fingerprint density at radius 2 is 2.12 bits per heavy atom. The van der Waals surface area contributed by atoms with Gasteiger partial charge in [-0.05, 0) is 55.8 Å². The van der Waals surface area contributed by atoms with Crippen molar-refractivity contribution >= 4 is 11.4 Å². The van der Waals surface area contributed by atoms with Crippen LogP contribution in [0.2, 0.25) is 0 Å². The van der Waals surface area contributed by atoms with E-state index >= 15 is 0 Å². The van der Waals surface area contributed by atoms with E-state index < -0.39 is 0 Å². The van der Waals surface area contributed by atoms with Crippen molar-refractivity contribution in [1.29, 1.82) is 0 Å². The van der Waals surface area contributed by atoms with Gasteiger partial charge in [0.05, 0.1) is 12.4 Å². The van der Waals surface area contributed by atoms with Crippen LogP contribution in [0, 0.1) is 24.1 Å². The van der Waals surface area contributed by atoms with E-state index in [9.17, 15) is 4.39 Å². The summed E-state index contributed by atoms with van der Waals surface area (Å²) in [5.74, 6) is 6.61. The minimum atomic E-state index is -0.106. The molecule has 2 heterocycles. The average Bonchev–Trinajstić information content (AvgIpc) is 3.44. The lowest BCUT2D eigenvalue weighted by atomic mass is 10.0. The van der Waals surface area contributed by atoms with Crippen molar-refractivity contribution in [3.63, 3.8) is 0 Å². The van der Waals surface area contributed by atoms with Gasteiger partial charge in [-0.2, -0.15) is 0 Å². The van der Waals surface area contributed by atoms with Crippen molar-refractivity contribution < 1.29 is 4.39 Å². The maximum atomic E-state index is 15.0. The number of anilines is 2. The number of piperidine rings is 1. The Bertz CT molecular complexity index is 699. The van der Waals surface area contributed by atoms with Crippen LogP contribution in [0.1, 0.15) is 30.4 Å². The maximum absolute atomic E-state index is 15.0. The third-order valence-electron chi connectivity index (χ3n) is 6.55. The number of hydrazine groups is 1. The predicted molar refractivity (Wildman–Crippen MR) is 93.0 cm³/mol. The monoisotopic (exact) mass is 331 g/mol. The highest BCUT2D eigenvalue weighted by atomic mass is 19.1. The molecule has 0 spiro atoms. The third-order valence-corrected chi connectivity index (χ3v) is 6.55. The fourth-order valence-electron chi connectivity index (χ4n) is 5.03. The number of halogens is 1. The third kappa shape index (κ3) is 2.03. The summed E-state index contributed by atoms with van der Waals surface area (Å²) in [5.41, 5.74) is 10.3. The lowest BCUT2D eigenvalue weighted by Gasteiger charge is -2.39. The van der Waals surface area contributed by atoms with Gasteiger partial charge in [0.25, 0.3) is 0 Å². The largest absolute Gasteiger partial charge is 0.368 e. The van der Waals surface area contributed by atoms with E-state index in [2.05, 4.69) is 16.7 Å². The molecule has 0 radical (unpaired) electrons. The molecule has 5 nitrogen and oxygen atoms in total. The number of nitrogens with zero attached hydrogens (tertiary/aromatic N) is 3. The van der Waals surface area contributed by atoms with Crippen LogP contribution in [0.4, 0.5) is 15.8 Å². The summed E-state index contributed by atoms with van der Waals surface area (Å²) in [6.45, 7) is 6.00. The van der Waals surface area contributed by atoms with Crippen molar-refractivity contribution in [2.75, 3.05) is 36.1 Å². The van der Waals surface area contributed by atoms with Gasteiger partial charge >= 0.3 is 0 Å². The van der Waals surface area contributed by atoms with E-state index in [0.717, 1.165) is 43.1 Å². The van der Waals surface area contributed by atoms with Gasteiger partial charge in [-0.3, -0.25) is 5.84 Å². The SMILES string of the molecule is Cc1c(N2CC3CC3(CN)C2)c(F)cc2c1N(C1CC1)CN(N)C2. The van der Waals surface area contributed by atoms with Crippen molar-refractivity contribution in [3.05, 3.63) is 23.0 Å². The summed E-state index contributed by atoms with van der Waals surface area (Å²) in [5, 5.41) is 1.79. The molecule has 2 unspecified atom stereocenters. The zero-order chi connectivity index (χ0) is 16.6. The smallest absolute Gasteiger partial charge is 0.147 e. The summed E-state index contributed by atoms with van der Waals surface area (Å²) in [7, 11) is 0. The van der Waals surface area contributed by atoms with Crippen LogP contribution < -0.4 is 21.4 Å². The van der Waals surface area contributed by atoms with Gasteiger partial charge in [0.2, 0.25) is 0 Å². The second kappa shape index (κ2) is 4.84. The molecule has 1 aromatic carbocycles. The molecule has 4 N–H and O–H groups in total. The van der Waals surface area contributed by atoms with Crippen LogP contribution in [0.5, 0.6) is 0 Å². The van der Waals surface area contributed by atoms with Crippen LogP contribution in [-0.4, -0.2) is 37.4 Å². The minimum absolute atomic E-state index is 0.106. The summed E-state index contributed by atoms with van der Waals surface area (Å²) in [6.07, 6.45) is 3.63. The van der Waals surface area contributed by atoms with E-state index in [1.54, 1.807) is 11.1 Å². The predicted octanol–water partition coefficient (Wildman–Crippen LogP) is 1.53. The number of benzene rings is 1. The second-order valence-corrected chi connectivity index (χ2v) is 8.28. The normalized spacial score (nSPS) is 32.1. The molecule has 0 aromatic heterocycles. The van der Waals surface area contributed by atoms with Gasteiger partial charge in [-0.15, -0.1) is 0 Å². The lowest BCUT2D eigenvalue weighted by molar-refractivity contribution is 0.258. The Morgan fingerprint density at radius 1 is 1.33 bits per heavy atom. The van der Waals surface area contributed by atoms with Crippen LogP contribution >= 0.6 is 0 Å². The molecule has 1 saturated heterocycles. The Labute approximate surface area is 142 Å². The summed E-state index contributed by atoms with van der Waals surface area (Å²) >= 11 is 0. The van der Waals surface area contributed by atoms with Gasteiger partial charge in [-0.25, -0.2) is 9.40 Å². The molecule has 1 aromatic rings. The van der Waals surface area contributed by atoms with E-state index in [1.807, 2.05) is 0 Å². The van der Waals surface area contributed by atoms with Crippen molar-refractivity contribution in [2.45, 2.75) is 38.8 Å². The molecule has 2 atom stereocenters. The highest BCUT2D eigenvalue weighted by molar-refractivity contribution is 5.73. The van der Waals surface area contributed by atoms with Crippen molar-refractivity contribution in [1.82, 2.24) is 5.01 Å². The molecule has 0 bridgehead atoms. The summed E-state index contributed by atoms with van der Waals surface area (Å²) in [6, 6.07) is 2.28. The first-order valence-corrected chi connectivity index (χ1v) is 9.06. The van der Waals surface area contributed by atoms with Gasteiger partial charge in [-0.1, -0.05) is 0 Å². The second-order valence-electron chi connectivity index (χ2n) is 8.28. The zero-order valence-corrected chi connectivity index (χ0v) is 14.3. The zero-order valence-electron chi connectivity index (χ0n) is 14.3. The van der Waals surface area contributed by atoms with Crippen LogP contribution in [0.15, 0.2) is 6.07 Å². The average molecular weight is 331 g/mol. The first-order chi connectivity index (χ1) is 11.5. The van der Waals surface area contributed by atoms with E-state index in [0.29, 0.717) is 18.5 Å². The molecule has 6 heteroatoms. The molecule has 0 amide bonds. The summed E-state index contributed by atoms with van der Waals surface area (Å²) < 4.78 is 15.0. The van der Waals surface area contributed by atoms with E-state index in [4.69, 9.17) is 11.6 Å². The van der Waals surface area contributed by atoms with Crippen LogP contribution in [0.25, 0.3) is 0 Å². The number of hydrogen-bond donors (Lipinski definition) is 2. The fourth-order valence-corrected chi connectivity index (χ4v) is 5.03. The Hall–Kier alpha value is -1.37. The van der Waals surface area contributed by atoms with Crippen LogP contribution in [0.3, 0.4) is 0 Å². The summed E-state index contributed by atoms with van der Waals surface area (Å²) in [4.78, 5) is 4.62. The fraction of sp³-hybridized carbons (Fsp3) is 0.667. The van der Waals surface area contributed by atoms with Crippen molar-refractivity contribution in [2.24, 2.45) is 22.9 Å². The molecule has 130 valence electrons. The molecule has 5 rings (SSSR count). The maximum Gasteiger partial charge on any atom is 0.147 e. The molecular weight excluding hydrogens is 305 g/mol. The highest BCUT2D eigenvalue weighted by Crippen LogP contribution is 2.58. The first kappa shape index (κ1) is 14.9. The van der Waals surface area contributed by atoms with Gasteiger partial charge in [0.15, 0.2) is 0 Å². The number of hydrogen-bond acceptors (Lipinski definition) is 5. The number of nitrogens with two attached hydrogens (primary N) is 2. The van der Waals surface area contributed by atoms with Crippen molar-refractivity contribution in [3.8, 4) is 0 Å². The Balaban J connectivity index is 1.56. The number of fused-ring (bicyclic) bond motifs is 2. The molecule has 3 fully saturated rings. The van der Waals surface area contributed by atoms with E-state index in [1.165, 1.54) is 24.9 Å². The van der Waals surface area contributed by atoms with E-state index in [-0.39, 0.29) is 11.2 Å². The topological polar surface area (TPSA) is 61.8 Å². The molecule has 4 aliphatic rings. The van der Waals surface area contributed by atoms with Gasteiger partial charge in [0.1, 0.15) is 5.82 Å². The molecule has 2 aliphatic heterocycles. The van der Waals surface area contributed by atoms with Crippen LogP contribution in [-0.2, 0) is 6.54 Å². The quantitative estimate of drug-likeness (QED) is 0.823. The molecular formula is C18H26FN5. The molecule has 2 aliphatic carbocycles. The Morgan fingerprint density at radius 3 is 2.79 bits per heavy atom. The van der Waals surface area contributed by atoms with Gasteiger partial charge in [0, 0.05) is 36.8 Å². The molecule has 24 heavy (non-hydrogen) atoms. The van der Waals surface area contributed by atoms with Gasteiger partial charge < -0.3 is 15.5 Å². The first-order valence-electron chi connectivity index (χ1n) is 9.06. The molecule has 2 saturated carbocycles. The minimum Gasteiger partial charge on any atom is -0.368 e. The highest BCUT2D eigenvalue weighted by Gasteiger charge is 2.59. The lowest BCUT2D eigenvalue weighted by Crippen LogP contribution is -2.47. The Kier molecular flexibility index (Phi) is 3.01. The standard InChI is InChI=1S/C18H26FN5/c1-11-16-12(6-23(21)10-24(16)14-2-3-14)4-15(19)17(11)22-7-13-5-18(13,8-20)9-22/h4,13-14H,2-3,5-10,20-21H2,1H3. The number of rotatable bonds is 3.